The van der Waals surface area contributed by atoms with Gasteiger partial charge in [-0.3, -0.25) is 4.90 Å². The molecule has 0 aromatic heterocycles. The molecule has 1 atom stereocenters. The van der Waals surface area contributed by atoms with Crippen LogP contribution in [-0.2, 0) is 6.42 Å². The van der Waals surface area contributed by atoms with E-state index in [0.29, 0.717) is 6.54 Å². The minimum Gasteiger partial charge on any atom is -0.329 e. The highest BCUT2D eigenvalue weighted by atomic mass is 19.1. The van der Waals surface area contributed by atoms with Crippen molar-refractivity contribution in [2.75, 3.05) is 20.1 Å². The molecule has 1 unspecified atom stereocenters. The van der Waals surface area contributed by atoms with Gasteiger partial charge in [-0.05, 0) is 36.7 Å². The van der Waals surface area contributed by atoms with Crippen LogP contribution in [0, 0.1) is 5.82 Å². The van der Waals surface area contributed by atoms with Crippen LogP contribution in [-0.4, -0.2) is 25.0 Å². The number of nitrogens with two attached hydrogens (primary N) is 1. The third-order valence-corrected chi connectivity index (χ3v) is 3.61. The maximum Gasteiger partial charge on any atom is 0.123 e. The first-order valence-electron chi connectivity index (χ1n) is 6.90. The molecule has 0 aliphatic rings. The Morgan fingerprint density at radius 1 is 1.05 bits per heavy atom. The van der Waals surface area contributed by atoms with Gasteiger partial charge in [-0.15, -0.1) is 0 Å². The Labute approximate surface area is 120 Å². The molecule has 2 aromatic rings. The van der Waals surface area contributed by atoms with Crippen LogP contribution in [0.3, 0.4) is 0 Å². The van der Waals surface area contributed by atoms with Crippen molar-refractivity contribution < 1.29 is 4.39 Å². The summed E-state index contributed by atoms with van der Waals surface area (Å²) in [6.07, 6.45) is 0.981. The first kappa shape index (κ1) is 14.7. The summed E-state index contributed by atoms with van der Waals surface area (Å²) < 4.78 is 13.0. The van der Waals surface area contributed by atoms with Crippen molar-refractivity contribution in [2.24, 2.45) is 5.73 Å². The van der Waals surface area contributed by atoms with E-state index in [9.17, 15) is 4.39 Å². The van der Waals surface area contributed by atoms with Gasteiger partial charge in [0.25, 0.3) is 0 Å². The van der Waals surface area contributed by atoms with Gasteiger partial charge in [-0.2, -0.15) is 0 Å². The number of rotatable bonds is 6. The summed E-state index contributed by atoms with van der Waals surface area (Å²) in [6, 6.07) is 17.1. The van der Waals surface area contributed by atoms with E-state index in [2.05, 4.69) is 36.2 Å². The quantitative estimate of drug-likeness (QED) is 0.876. The summed E-state index contributed by atoms with van der Waals surface area (Å²) in [4.78, 5) is 2.22. The van der Waals surface area contributed by atoms with Gasteiger partial charge in [0.1, 0.15) is 5.82 Å². The lowest BCUT2D eigenvalue weighted by Gasteiger charge is -2.27. The molecule has 20 heavy (non-hydrogen) atoms. The third-order valence-electron chi connectivity index (χ3n) is 3.61. The van der Waals surface area contributed by atoms with Crippen molar-refractivity contribution in [3.8, 4) is 0 Å². The van der Waals surface area contributed by atoms with Crippen LogP contribution in [0.5, 0.6) is 0 Å². The highest BCUT2D eigenvalue weighted by Gasteiger charge is 2.15. The molecular formula is C17H21FN2. The molecular weight excluding hydrogens is 251 g/mol. The number of likely N-dealkylation sites (N-methyl/N-ethyl adjacent to an activating group) is 1. The van der Waals surface area contributed by atoms with Crippen molar-refractivity contribution >= 4 is 0 Å². The van der Waals surface area contributed by atoms with E-state index in [1.165, 1.54) is 17.7 Å². The highest BCUT2D eigenvalue weighted by Crippen LogP contribution is 2.19. The van der Waals surface area contributed by atoms with Crippen LogP contribution < -0.4 is 5.73 Å². The second-order valence-electron chi connectivity index (χ2n) is 5.02. The third kappa shape index (κ3) is 3.89. The molecule has 0 fully saturated rings. The lowest BCUT2D eigenvalue weighted by molar-refractivity contribution is 0.253. The first-order chi connectivity index (χ1) is 9.70. The molecule has 0 aliphatic carbocycles. The lowest BCUT2D eigenvalue weighted by atomic mass is 10.0. The largest absolute Gasteiger partial charge is 0.329 e. The van der Waals surface area contributed by atoms with E-state index in [4.69, 9.17) is 5.73 Å². The Morgan fingerprint density at radius 3 is 2.30 bits per heavy atom. The molecule has 0 saturated heterocycles. The molecule has 106 valence electrons. The Bertz CT molecular complexity index is 510. The van der Waals surface area contributed by atoms with Crippen LogP contribution in [0.4, 0.5) is 4.39 Å². The van der Waals surface area contributed by atoms with Gasteiger partial charge in [0.2, 0.25) is 0 Å². The van der Waals surface area contributed by atoms with Crippen LogP contribution >= 0.6 is 0 Å². The highest BCUT2D eigenvalue weighted by molar-refractivity contribution is 5.20. The first-order valence-corrected chi connectivity index (χ1v) is 6.90. The van der Waals surface area contributed by atoms with Gasteiger partial charge >= 0.3 is 0 Å². The molecule has 0 aliphatic heterocycles. The predicted molar refractivity (Wildman–Crippen MR) is 81.0 cm³/mol. The molecule has 2 aromatic carbocycles. The van der Waals surface area contributed by atoms with E-state index < -0.39 is 0 Å². The molecule has 3 heteroatoms. The topological polar surface area (TPSA) is 29.3 Å². The predicted octanol–water partition coefficient (Wildman–Crippen LogP) is 3.00. The number of nitrogens with zero attached hydrogens (tertiary/aromatic N) is 1. The van der Waals surface area contributed by atoms with Crippen LogP contribution in [0.25, 0.3) is 0 Å². The standard InChI is InChI=1S/C17H21FN2/c1-20(12-11-14-5-3-2-4-6-14)17(13-19)15-7-9-16(18)10-8-15/h2-10,17H,11-13,19H2,1H3. The molecule has 0 radical (unpaired) electrons. The van der Waals surface area contributed by atoms with Gasteiger partial charge in [0, 0.05) is 19.1 Å². The van der Waals surface area contributed by atoms with Crippen LogP contribution in [0.15, 0.2) is 54.6 Å². The summed E-state index contributed by atoms with van der Waals surface area (Å²) in [7, 11) is 2.06. The average molecular weight is 272 g/mol. The van der Waals surface area contributed by atoms with E-state index in [1.54, 1.807) is 0 Å². The fourth-order valence-electron chi connectivity index (χ4n) is 2.36. The van der Waals surface area contributed by atoms with Gasteiger partial charge < -0.3 is 5.73 Å². The second-order valence-corrected chi connectivity index (χ2v) is 5.02. The van der Waals surface area contributed by atoms with Crippen molar-refractivity contribution in [3.05, 3.63) is 71.5 Å². The van der Waals surface area contributed by atoms with E-state index >= 15 is 0 Å². The molecule has 2 N–H and O–H groups in total. The summed E-state index contributed by atoms with van der Waals surface area (Å²) in [5, 5.41) is 0. The Morgan fingerprint density at radius 2 is 1.70 bits per heavy atom. The molecule has 0 spiro atoms. The molecule has 2 nitrogen and oxygen atoms in total. The van der Waals surface area contributed by atoms with E-state index in [1.807, 2.05) is 18.2 Å². The average Bonchev–Trinajstić information content (AvgIpc) is 2.49. The molecule has 0 bridgehead atoms. The zero-order valence-corrected chi connectivity index (χ0v) is 11.8. The zero-order chi connectivity index (χ0) is 14.4. The van der Waals surface area contributed by atoms with Gasteiger partial charge in [-0.25, -0.2) is 4.39 Å². The second kappa shape index (κ2) is 7.17. The minimum atomic E-state index is -0.212. The molecule has 0 heterocycles. The lowest BCUT2D eigenvalue weighted by Crippen LogP contribution is -2.32. The summed E-state index contributed by atoms with van der Waals surface area (Å²) in [6.45, 7) is 1.44. The smallest absolute Gasteiger partial charge is 0.123 e. The van der Waals surface area contributed by atoms with Crippen molar-refractivity contribution in [1.29, 1.82) is 0 Å². The van der Waals surface area contributed by atoms with Crippen molar-refractivity contribution in [1.82, 2.24) is 4.90 Å². The van der Waals surface area contributed by atoms with Crippen LogP contribution in [0.2, 0.25) is 0 Å². The van der Waals surface area contributed by atoms with Gasteiger partial charge in [-0.1, -0.05) is 42.5 Å². The summed E-state index contributed by atoms with van der Waals surface area (Å²) in [5.74, 6) is -0.212. The summed E-state index contributed by atoms with van der Waals surface area (Å²) >= 11 is 0. The number of halogens is 1. The van der Waals surface area contributed by atoms with E-state index in [-0.39, 0.29) is 11.9 Å². The Kier molecular flexibility index (Phi) is 5.27. The van der Waals surface area contributed by atoms with Crippen molar-refractivity contribution in [2.45, 2.75) is 12.5 Å². The number of hydrogen-bond donors (Lipinski definition) is 1. The Hall–Kier alpha value is -1.71. The van der Waals surface area contributed by atoms with Gasteiger partial charge in [0.15, 0.2) is 0 Å². The summed E-state index contributed by atoms with van der Waals surface area (Å²) in [5.41, 5.74) is 8.25. The maximum absolute atomic E-state index is 13.0. The molecule has 0 saturated carbocycles. The van der Waals surface area contributed by atoms with Crippen molar-refractivity contribution in [3.63, 3.8) is 0 Å². The molecule has 0 amide bonds. The normalized spacial score (nSPS) is 12.6. The number of hydrogen-bond acceptors (Lipinski definition) is 2. The van der Waals surface area contributed by atoms with Crippen LogP contribution in [0.1, 0.15) is 17.2 Å². The Balaban J connectivity index is 1.98. The fraction of sp³-hybridized carbons (Fsp3) is 0.294. The number of benzene rings is 2. The van der Waals surface area contributed by atoms with Gasteiger partial charge in [0.05, 0.1) is 0 Å². The fourth-order valence-corrected chi connectivity index (χ4v) is 2.36. The maximum atomic E-state index is 13.0. The SMILES string of the molecule is CN(CCc1ccccc1)C(CN)c1ccc(F)cc1. The van der Waals surface area contributed by atoms with E-state index in [0.717, 1.165) is 18.5 Å². The zero-order valence-electron chi connectivity index (χ0n) is 11.8. The monoisotopic (exact) mass is 272 g/mol. The minimum absolute atomic E-state index is 0.124. The molecule has 2 rings (SSSR count).